The molecule has 5 rings (SSSR count). The summed E-state index contributed by atoms with van der Waals surface area (Å²) in [7, 11) is 6.17. The minimum Gasteiger partial charge on any atom is -0.391 e. The lowest BCUT2D eigenvalue weighted by Gasteiger charge is -2.20. The van der Waals surface area contributed by atoms with E-state index in [1.165, 1.54) is 16.8 Å². The molecule has 2 aromatic heterocycles. The summed E-state index contributed by atoms with van der Waals surface area (Å²) in [5, 5.41) is 17.7. The highest BCUT2D eigenvalue weighted by Gasteiger charge is 2.19. The van der Waals surface area contributed by atoms with E-state index in [2.05, 4.69) is 134 Å². The molecule has 0 aliphatic heterocycles. The average Bonchev–Trinajstić information content (AvgIpc) is 3.82. The van der Waals surface area contributed by atoms with Crippen LogP contribution in [0.4, 0.5) is 17.2 Å². The zero-order valence-corrected chi connectivity index (χ0v) is 35.9. The van der Waals surface area contributed by atoms with E-state index in [0.717, 1.165) is 123 Å². The Bertz CT molecular complexity index is 1920. The number of unbranched alkanes of at least 4 members (excludes halogenated alkanes) is 1. The largest absolute Gasteiger partial charge is 0.391 e. The maximum Gasteiger partial charge on any atom is 0.153 e. The van der Waals surface area contributed by atoms with E-state index in [9.17, 15) is 9.59 Å². The van der Waals surface area contributed by atoms with Gasteiger partial charge in [0.1, 0.15) is 6.29 Å². The van der Waals surface area contributed by atoms with Crippen molar-refractivity contribution in [2.75, 3.05) is 31.3 Å². The molecule has 3 aromatic rings. The van der Waals surface area contributed by atoms with Crippen LogP contribution in [-0.4, -0.2) is 58.9 Å². The molecule has 312 valence electrons. The highest BCUT2D eigenvalue weighted by molar-refractivity contribution is 5.95. The van der Waals surface area contributed by atoms with Crippen molar-refractivity contribution in [2.45, 2.75) is 91.0 Å². The minimum absolute atomic E-state index is 0.402. The van der Waals surface area contributed by atoms with Crippen molar-refractivity contribution in [3.8, 4) is 11.3 Å². The van der Waals surface area contributed by atoms with Gasteiger partial charge in [0, 0.05) is 82.6 Å². The van der Waals surface area contributed by atoms with Gasteiger partial charge in [-0.3, -0.25) is 14.3 Å². The Morgan fingerprint density at radius 1 is 1.00 bits per heavy atom. The molecule has 2 aliphatic carbocycles. The van der Waals surface area contributed by atoms with Crippen LogP contribution in [0.1, 0.15) is 89.8 Å². The molecule has 10 heteroatoms. The lowest BCUT2D eigenvalue weighted by molar-refractivity contribution is -0.107. The number of carbonyl (C=O) groups excluding carboxylic acids is 2. The molecule has 0 spiro atoms. The molecule has 10 nitrogen and oxygen atoms in total. The number of fused-ring (bicyclic) bond motifs is 1. The van der Waals surface area contributed by atoms with E-state index in [0.29, 0.717) is 23.1 Å². The average molecular weight is 789 g/mol. The molecule has 2 atom stereocenters. The number of benzene rings is 1. The van der Waals surface area contributed by atoms with Crippen LogP contribution in [0, 0.1) is 5.92 Å². The van der Waals surface area contributed by atoms with Gasteiger partial charge >= 0.3 is 0 Å². The molecule has 0 bridgehead atoms. The molecule has 1 aromatic carbocycles. The van der Waals surface area contributed by atoms with Gasteiger partial charge in [-0.05, 0) is 122 Å². The van der Waals surface area contributed by atoms with E-state index in [4.69, 9.17) is 0 Å². The molecule has 2 heterocycles. The quantitative estimate of drug-likeness (QED) is 0.0535. The Hall–Kier alpha value is -5.61. The highest BCUT2D eigenvalue weighted by Crippen LogP contribution is 2.33. The van der Waals surface area contributed by atoms with Gasteiger partial charge in [0.25, 0.3) is 0 Å². The Kier molecular flexibility index (Phi) is 20.1. The van der Waals surface area contributed by atoms with Gasteiger partial charge in [0.2, 0.25) is 0 Å². The second kappa shape index (κ2) is 24.9. The van der Waals surface area contributed by atoms with Crippen LogP contribution in [0.25, 0.3) is 17.3 Å². The van der Waals surface area contributed by atoms with Crippen molar-refractivity contribution >= 4 is 35.8 Å². The number of aromatic nitrogens is 3. The molecule has 0 amide bonds. The van der Waals surface area contributed by atoms with Gasteiger partial charge in [-0.1, -0.05) is 70.0 Å². The molecule has 0 saturated carbocycles. The second-order valence-electron chi connectivity index (χ2n) is 15.1. The molecule has 0 saturated heterocycles. The third-order valence-corrected chi connectivity index (χ3v) is 10.6. The first-order valence-corrected chi connectivity index (χ1v) is 20.6. The summed E-state index contributed by atoms with van der Waals surface area (Å²) in [6, 6.07) is 10.9. The van der Waals surface area contributed by atoms with Crippen molar-refractivity contribution in [3.05, 3.63) is 127 Å². The van der Waals surface area contributed by atoms with Crippen molar-refractivity contribution in [1.82, 2.24) is 30.3 Å². The maximum atomic E-state index is 10.9. The molecular formula is C48H68N8O2. The Balaban J connectivity index is 0.000000286. The summed E-state index contributed by atoms with van der Waals surface area (Å²) in [6.45, 7) is 22.6. The first-order valence-electron chi connectivity index (χ1n) is 20.6. The molecule has 5 N–H and O–H groups in total. The van der Waals surface area contributed by atoms with Gasteiger partial charge < -0.3 is 31.2 Å². The summed E-state index contributed by atoms with van der Waals surface area (Å²) in [5.74, 6) is 1.22. The zero-order valence-electron chi connectivity index (χ0n) is 35.9. The fraction of sp³-hybridized carbons (Fsp3) is 0.396. The van der Waals surface area contributed by atoms with Crippen molar-refractivity contribution < 1.29 is 9.59 Å². The summed E-state index contributed by atoms with van der Waals surface area (Å²) in [4.78, 5) is 27.3. The number of nitrogens with one attached hydrogen (secondary N) is 5. The van der Waals surface area contributed by atoms with Crippen molar-refractivity contribution in [1.29, 1.82) is 0 Å². The third-order valence-electron chi connectivity index (χ3n) is 10.6. The maximum absolute atomic E-state index is 10.9. The Morgan fingerprint density at radius 2 is 1.78 bits per heavy atom. The standard InChI is InChI=1S/C26H32N6.C12H16O2.C10H20N2/c1-4-27-15-8-7-10-19(2)29-20-11-9-12-21(16-20)30-26-17-25(32(3)31-26)23-18-28-24-14-6-5-13-22(23)24;1-3-9(2)11-6-4-5-10(7-13)12(11)8-14;1-6-11-9(2)7-8-10(3)12(4)5/h4-5,9,11-13,16-18,27-29H,1-2,6-8,10,14-15H2,3H3,(H,30,31);5,7-9H,3-4,6H2,1-2H3;6,10-11H,1-2,7-8H2,3-5H3. The first-order chi connectivity index (χ1) is 27.9. The normalized spacial score (nSPS) is 13.9. The van der Waals surface area contributed by atoms with Crippen LogP contribution in [0.15, 0.2) is 116 Å². The summed E-state index contributed by atoms with van der Waals surface area (Å²) in [5.41, 5.74) is 11.3. The number of aryl methyl sites for hydroxylation is 2. The molecule has 0 radical (unpaired) electrons. The molecule has 0 fully saturated rings. The van der Waals surface area contributed by atoms with Gasteiger partial charge in [0.05, 0.1) is 5.69 Å². The SMILES string of the molecule is C=CNC(=C)CCC(C)N(C)C.C=CNCCCCC(=C)Nc1cccc(Nc2cc(-c3c[nH]c4c3C=CCC4)n(C)n2)c1.CCC(C)C1=C(C=O)C(C=O)=CCC1. The number of carbonyl (C=O) groups is 2. The fourth-order valence-corrected chi connectivity index (χ4v) is 6.74. The molecule has 58 heavy (non-hydrogen) atoms. The van der Waals surface area contributed by atoms with Crippen LogP contribution in [0.5, 0.6) is 0 Å². The number of anilines is 3. The van der Waals surface area contributed by atoms with Crippen molar-refractivity contribution in [3.63, 3.8) is 0 Å². The van der Waals surface area contributed by atoms with Crippen LogP contribution in [0.2, 0.25) is 0 Å². The smallest absolute Gasteiger partial charge is 0.153 e. The fourth-order valence-electron chi connectivity index (χ4n) is 6.74. The predicted octanol–water partition coefficient (Wildman–Crippen LogP) is 10.4. The minimum atomic E-state index is 0.402. The Labute approximate surface area is 348 Å². The number of aromatic amines is 1. The van der Waals surface area contributed by atoms with E-state index < -0.39 is 0 Å². The van der Waals surface area contributed by atoms with Gasteiger partial charge in [0.15, 0.2) is 12.1 Å². The van der Waals surface area contributed by atoms with E-state index in [-0.39, 0.29) is 0 Å². The third kappa shape index (κ3) is 14.7. The molecular weight excluding hydrogens is 721 g/mol. The number of rotatable bonds is 21. The van der Waals surface area contributed by atoms with Crippen LogP contribution in [-0.2, 0) is 23.1 Å². The number of hydrogen-bond donors (Lipinski definition) is 5. The monoisotopic (exact) mass is 789 g/mol. The first kappa shape index (κ1) is 46.8. The lowest BCUT2D eigenvalue weighted by atomic mass is 9.84. The topological polar surface area (TPSA) is 119 Å². The summed E-state index contributed by atoms with van der Waals surface area (Å²) in [6.07, 6.45) is 23.6. The van der Waals surface area contributed by atoms with Crippen LogP contribution < -0.4 is 21.3 Å². The Morgan fingerprint density at radius 3 is 2.47 bits per heavy atom. The van der Waals surface area contributed by atoms with Crippen LogP contribution in [0.3, 0.4) is 0 Å². The number of allylic oxidation sites excluding steroid dienone is 7. The lowest BCUT2D eigenvalue weighted by Crippen LogP contribution is -2.24. The second-order valence-corrected chi connectivity index (χ2v) is 15.1. The summed E-state index contributed by atoms with van der Waals surface area (Å²) < 4.78 is 1.93. The van der Waals surface area contributed by atoms with Gasteiger partial charge in [-0.25, -0.2) is 0 Å². The number of H-pyrrole nitrogens is 1. The molecule has 2 unspecified atom stereocenters. The summed E-state index contributed by atoms with van der Waals surface area (Å²) >= 11 is 0. The number of hydrogen-bond acceptors (Lipinski definition) is 8. The zero-order chi connectivity index (χ0) is 42.5. The molecule has 2 aliphatic rings. The van der Waals surface area contributed by atoms with Crippen molar-refractivity contribution in [2.24, 2.45) is 13.0 Å². The van der Waals surface area contributed by atoms with E-state index in [1.807, 2.05) is 29.9 Å². The van der Waals surface area contributed by atoms with Gasteiger partial charge in [-0.2, -0.15) is 5.10 Å². The van der Waals surface area contributed by atoms with Gasteiger partial charge in [-0.15, -0.1) is 0 Å². The number of nitrogens with zero attached hydrogens (tertiary/aromatic N) is 3. The highest BCUT2D eigenvalue weighted by atomic mass is 16.1. The van der Waals surface area contributed by atoms with E-state index >= 15 is 0 Å². The van der Waals surface area contributed by atoms with E-state index in [1.54, 1.807) is 12.4 Å². The number of aldehydes is 2. The predicted molar refractivity (Wildman–Crippen MR) is 246 cm³/mol. The van der Waals surface area contributed by atoms with Crippen LogP contribution >= 0.6 is 0 Å².